The molecule has 0 radical (unpaired) electrons. The van der Waals surface area contributed by atoms with Gasteiger partial charge in [-0.25, -0.2) is 8.42 Å². The number of hydrogen-bond donors (Lipinski definition) is 0. The summed E-state index contributed by atoms with van der Waals surface area (Å²) in [5.41, 5.74) is 2.28. The van der Waals surface area contributed by atoms with Crippen LogP contribution in [0.4, 0.5) is 11.4 Å². The van der Waals surface area contributed by atoms with Crippen LogP contribution >= 0.6 is 0 Å². The van der Waals surface area contributed by atoms with E-state index in [-0.39, 0.29) is 5.91 Å². The number of sulfonamides is 1. The maximum Gasteiger partial charge on any atom is 0.232 e. The van der Waals surface area contributed by atoms with Gasteiger partial charge in [-0.05, 0) is 42.7 Å². The monoisotopic (exact) mass is 388 g/mol. The van der Waals surface area contributed by atoms with Crippen LogP contribution in [0.3, 0.4) is 0 Å². The Kier molecular flexibility index (Phi) is 5.70. The molecule has 2 aromatic rings. The minimum Gasteiger partial charge on any atom is -0.497 e. The molecule has 1 aliphatic heterocycles. The zero-order chi connectivity index (χ0) is 19.4. The van der Waals surface area contributed by atoms with Crippen LogP contribution < -0.4 is 13.9 Å². The second-order valence-electron chi connectivity index (χ2n) is 6.57. The Morgan fingerprint density at radius 1 is 1.04 bits per heavy atom. The molecule has 2 aromatic carbocycles. The molecule has 0 spiro atoms. The van der Waals surface area contributed by atoms with Gasteiger partial charge in [-0.3, -0.25) is 9.10 Å². The number of fused-ring (bicyclic) bond motifs is 1. The molecule has 0 bridgehead atoms. The van der Waals surface area contributed by atoms with E-state index in [4.69, 9.17) is 4.74 Å². The third-order valence-corrected chi connectivity index (χ3v) is 5.85. The van der Waals surface area contributed by atoms with Gasteiger partial charge < -0.3 is 9.64 Å². The van der Waals surface area contributed by atoms with Gasteiger partial charge in [0.2, 0.25) is 15.9 Å². The zero-order valence-corrected chi connectivity index (χ0v) is 16.4. The highest BCUT2D eigenvalue weighted by Crippen LogP contribution is 2.34. The van der Waals surface area contributed by atoms with E-state index in [0.29, 0.717) is 43.7 Å². The van der Waals surface area contributed by atoms with Crippen LogP contribution in [0.25, 0.3) is 0 Å². The summed E-state index contributed by atoms with van der Waals surface area (Å²) in [7, 11) is -1.77. The van der Waals surface area contributed by atoms with Gasteiger partial charge >= 0.3 is 0 Å². The molecule has 0 fully saturated rings. The van der Waals surface area contributed by atoms with Gasteiger partial charge in [-0.2, -0.15) is 0 Å². The van der Waals surface area contributed by atoms with Gasteiger partial charge in [-0.15, -0.1) is 0 Å². The van der Waals surface area contributed by atoms with E-state index in [1.807, 2.05) is 36.4 Å². The van der Waals surface area contributed by atoms with Crippen molar-refractivity contribution in [3.05, 3.63) is 54.1 Å². The first kappa shape index (κ1) is 19.2. The lowest BCUT2D eigenvalue weighted by atomic mass is 10.1. The maximum absolute atomic E-state index is 12.9. The molecule has 144 valence electrons. The first-order valence-electron chi connectivity index (χ1n) is 8.90. The Morgan fingerprint density at radius 3 is 2.33 bits per heavy atom. The SMILES string of the molecule is COc1ccc(CCC(=O)N2CCCN(S(C)(=O)=O)c3ccccc32)cc1. The molecule has 0 saturated carbocycles. The van der Waals surface area contributed by atoms with Crippen LogP contribution in [-0.4, -0.2) is 40.8 Å². The van der Waals surface area contributed by atoms with Crippen molar-refractivity contribution in [2.45, 2.75) is 19.3 Å². The molecule has 27 heavy (non-hydrogen) atoms. The van der Waals surface area contributed by atoms with E-state index in [2.05, 4.69) is 0 Å². The number of methoxy groups -OCH3 is 1. The standard InChI is InChI=1S/C20H24N2O4S/c1-26-17-11-8-16(9-12-17)10-13-20(23)21-14-5-15-22(27(2,24)25)19-7-4-3-6-18(19)21/h3-4,6-9,11-12H,5,10,13-15H2,1-2H3. The van der Waals surface area contributed by atoms with Crippen molar-refractivity contribution in [3.63, 3.8) is 0 Å². The van der Waals surface area contributed by atoms with Crippen molar-refractivity contribution >= 4 is 27.3 Å². The van der Waals surface area contributed by atoms with Gasteiger partial charge in [0, 0.05) is 19.5 Å². The minimum atomic E-state index is -3.39. The summed E-state index contributed by atoms with van der Waals surface area (Å²) >= 11 is 0. The normalized spacial score (nSPS) is 14.4. The summed E-state index contributed by atoms with van der Waals surface area (Å²) in [6, 6.07) is 14.9. The molecule has 7 heteroatoms. The fraction of sp³-hybridized carbons (Fsp3) is 0.350. The second kappa shape index (κ2) is 8.00. The Bertz CT molecular complexity index is 910. The van der Waals surface area contributed by atoms with Crippen LogP contribution in [0.15, 0.2) is 48.5 Å². The summed E-state index contributed by atoms with van der Waals surface area (Å²) in [6.07, 6.45) is 2.78. The number of carbonyl (C=O) groups excluding carboxylic acids is 1. The molecule has 1 aliphatic rings. The van der Waals surface area contributed by atoms with E-state index in [1.54, 1.807) is 24.1 Å². The van der Waals surface area contributed by atoms with E-state index in [0.717, 1.165) is 11.3 Å². The maximum atomic E-state index is 12.9. The molecule has 1 heterocycles. The molecule has 1 amide bonds. The number of para-hydroxylation sites is 2. The molecule has 0 saturated heterocycles. The molecule has 0 atom stereocenters. The van der Waals surface area contributed by atoms with Crippen LogP contribution in [0.5, 0.6) is 5.75 Å². The number of nitrogens with zero attached hydrogens (tertiary/aromatic N) is 2. The van der Waals surface area contributed by atoms with Crippen molar-refractivity contribution in [3.8, 4) is 5.75 Å². The Hall–Kier alpha value is -2.54. The number of rotatable bonds is 5. The third-order valence-electron chi connectivity index (χ3n) is 4.67. The predicted octanol–water partition coefficient (Wildman–Crippen LogP) is 2.83. The highest BCUT2D eigenvalue weighted by molar-refractivity contribution is 7.92. The molecular weight excluding hydrogens is 364 g/mol. The Morgan fingerprint density at radius 2 is 1.70 bits per heavy atom. The summed E-state index contributed by atoms with van der Waals surface area (Å²) in [5.74, 6) is 0.779. The van der Waals surface area contributed by atoms with Crippen LogP contribution in [-0.2, 0) is 21.2 Å². The van der Waals surface area contributed by atoms with Crippen molar-refractivity contribution in [1.29, 1.82) is 0 Å². The summed E-state index contributed by atoms with van der Waals surface area (Å²) in [6.45, 7) is 0.878. The predicted molar refractivity (Wildman–Crippen MR) is 107 cm³/mol. The molecule has 0 unspecified atom stereocenters. The molecular formula is C20H24N2O4S. The van der Waals surface area contributed by atoms with Gasteiger partial charge in [0.05, 0.1) is 24.7 Å². The summed E-state index contributed by atoms with van der Waals surface area (Å²) in [4.78, 5) is 14.6. The molecule has 6 nitrogen and oxygen atoms in total. The fourth-order valence-corrected chi connectivity index (χ4v) is 4.27. The Balaban J connectivity index is 1.79. The average Bonchev–Trinajstić information content (AvgIpc) is 2.86. The van der Waals surface area contributed by atoms with Gasteiger partial charge in [0.1, 0.15) is 5.75 Å². The van der Waals surface area contributed by atoms with Gasteiger partial charge in [0.15, 0.2) is 0 Å². The first-order chi connectivity index (χ1) is 12.9. The minimum absolute atomic E-state index is 0.00591. The van der Waals surface area contributed by atoms with Crippen molar-refractivity contribution in [1.82, 2.24) is 0 Å². The number of carbonyl (C=O) groups is 1. The first-order valence-corrected chi connectivity index (χ1v) is 10.7. The topological polar surface area (TPSA) is 66.9 Å². The molecule has 0 N–H and O–H groups in total. The van der Waals surface area contributed by atoms with Crippen molar-refractivity contribution in [2.75, 3.05) is 35.7 Å². The number of amides is 1. The largest absolute Gasteiger partial charge is 0.497 e. The number of aryl methyl sites for hydroxylation is 1. The van der Waals surface area contributed by atoms with Crippen LogP contribution in [0, 0.1) is 0 Å². The highest BCUT2D eigenvalue weighted by Gasteiger charge is 2.28. The average molecular weight is 388 g/mol. The lowest BCUT2D eigenvalue weighted by Crippen LogP contribution is -2.31. The van der Waals surface area contributed by atoms with Crippen molar-refractivity contribution < 1.29 is 17.9 Å². The molecule has 0 aromatic heterocycles. The third kappa shape index (κ3) is 4.42. The lowest BCUT2D eigenvalue weighted by molar-refractivity contribution is -0.118. The van der Waals surface area contributed by atoms with Crippen LogP contribution in [0.2, 0.25) is 0 Å². The number of ether oxygens (including phenoxy) is 1. The van der Waals surface area contributed by atoms with Crippen molar-refractivity contribution in [2.24, 2.45) is 0 Å². The van der Waals surface area contributed by atoms with E-state index >= 15 is 0 Å². The quantitative estimate of drug-likeness (QED) is 0.790. The molecule has 3 rings (SSSR count). The summed E-state index contributed by atoms with van der Waals surface area (Å²) in [5, 5.41) is 0. The van der Waals surface area contributed by atoms with Gasteiger partial charge in [-0.1, -0.05) is 24.3 Å². The van der Waals surface area contributed by atoms with E-state index < -0.39 is 10.0 Å². The number of benzene rings is 2. The molecule has 0 aliphatic carbocycles. The lowest BCUT2D eigenvalue weighted by Gasteiger charge is -2.25. The van der Waals surface area contributed by atoms with E-state index in [9.17, 15) is 13.2 Å². The fourth-order valence-electron chi connectivity index (χ4n) is 3.30. The van der Waals surface area contributed by atoms with Crippen LogP contribution in [0.1, 0.15) is 18.4 Å². The number of hydrogen-bond acceptors (Lipinski definition) is 4. The second-order valence-corrected chi connectivity index (χ2v) is 8.48. The zero-order valence-electron chi connectivity index (χ0n) is 15.6. The smallest absolute Gasteiger partial charge is 0.232 e. The Labute approximate surface area is 160 Å². The number of anilines is 2. The van der Waals surface area contributed by atoms with E-state index in [1.165, 1.54) is 10.6 Å². The highest BCUT2D eigenvalue weighted by atomic mass is 32.2. The van der Waals surface area contributed by atoms with Gasteiger partial charge in [0.25, 0.3) is 0 Å². The summed E-state index contributed by atoms with van der Waals surface area (Å²) < 4.78 is 30.8.